The van der Waals surface area contributed by atoms with Crippen LogP contribution in [0.25, 0.3) is 10.9 Å². The second-order valence-corrected chi connectivity index (χ2v) is 8.36. The van der Waals surface area contributed by atoms with Crippen molar-refractivity contribution in [3.63, 3.8) is 0 Å². The molecule has 0 radical (unpaired) electrons. The lowest BCUT2D eigenvalue weighted by Crippen LogP contribution is -2.30. The first kappa shape index (κ1) is 21.6. The van der Waals surface area contributed by atoms with Crippen molar-refractivity contribution >= 4 is 22.6 Å². The number of hydrogen-bond acceptors (Lipinski definition) is 3. The van der Waals surface area contributed by atoms with E-state index in [0.29, 0.717) is 12.0 Å². The Morgan fingerprint density at radius 1 is 1.10 bits per heavy atom. The number of Topliss-reactive ketones (excluding diaryl/α,β-unsaturated/α-hetero) is 1. The molecule has 0 spiro atoms. The molecule has 3 rings (SSSR count). The van der Waals surface area contributed by atoms with E-state index in [4.69, 9.17) is 0 Å². The Bertz CT molecular complexity index is 819. The summed E-state index contributed by atoms with van der Waals surface area (Å²) in [6.45, 7) is 2.12. The number of nitrogens with one attached hydrogen (secondary N) is 1. The average Bonchev–Trinajstić information content (AvgIpc) is 3.14. The van der Waals surface area contributed by atoms with Crippen LogP contribution in [0.5, 0.6) is 0 Å². The molecular weight excluding hydrogens is 364 g/mol. The maximum atomic E-state index is 13.5. The molecule has 5 nitrogen and oxygen atoms in total. The largest absolute Gasteiger partial charge is 0.334 e. The Kier molecular flexibility index (Phi) is 7.87. The number of unbranched alkanes of at least 4 members (excludes halogenated alkanes) is 2. The zero-order chi connectivity index (χ0) is 20.6. The number of hydrogen-bond donors (Lipinski definition) is 2. The van der Waals surface area contributed by atoms with Crippen molar-refractivity contribution < 1.29 is 14.8 Å². The molecule has 1 aromatic carbocycles. The first-order valence-corrected chi connectivity index (χ1v) is 11.2. The van der Waals surface area contributed by atoms with Gasteiger partial charge in [-0.15, -0.1) is 0 Å². The molecule has 1 aromatic heterocycles. The summed E-state index contributed by atoms with van der Waals surface area (Å²) in [4.78, 5) is 25.9. The second kappa shape index (κ2) is 10.6. The van der Waals surface area contributed by atoms with Gasteiger partial charge in [-0.2, -0.15) is 0 Å². The molecule has 1 amide bonds. The van der Waals surface area contributed by atoms with Crippen LogP contribution in [0.3, 0.4) is 0 Å². The van der Waals surface area contributed by atoms with Gasteiger partial charge in [0.2, 0.25) is 0 Å². The molecule has 1 atom stereocenters. The highest BCUT2D eigenvalue weighted by Gasteiger charge is 2.27. The van der Waals surface area contributed by atoms with Crippen LogP contribution in [0.15, 0.2) is 30.5 Å². The van der Waals surface area contributed by atoms with E-state index in [1.165, 1.54) is 19.3 Å². The lowest BCUT2D eigenvalue weighted by Gasteiger charge is -2.22. The fourth-order valence-corrected chi connectivity index (χ4v) is 4.67. The number of carbonyl (C=O) groups excluding carboxylic acids is 2. The van der Waals surface area contributed by atoms with Crippen molar-refractivity contribution in [1.82, 2.24) is 10.0 Å². The van der Waals surface area contributed by atoms with E-state index in [2.05, 4.69) is 6.92 Å². The van der Waals surface area contributed by atoms with Gasteiger partial charge in [0.15, 0.2) is 5.78 Å². The first-order valence-electron chi connectivity index (χ1n) is 11.2. The summed E-state index contributed by atoms with van der Waals surface area (Å²) in [6, 6.07) is 7.26. The van der Waals surface area contributed by atoms with Crippen molar-refractivity contribution in [2.45, 2.75) is 83.6 Å². The summed E-state index contributed by atoms with van der Waals surface area (Å²) < 4.78 is 1.90. The molecule has 2 N–H and O–H groups in total. The molecule has 0 bridgehead atoms. The monoisotopic (exact) mass is 398 g/mol. The second-order valence-electron chi connectivity index (χ2n) is 8.36. The number of aromatic nitrogens is 1. The Balaban J connectivity index is 1.97. The van der Waals surface area contributed by atoms with Crippen LogP contribution in [0.1, 0.15) is 94.0 Å². The molecule has 0 aliphatic heterocycles. The number of carbonyl (C=O) groups is 2. The van der Waals surface area contributed by atoms with Crippen LogP contribution >= 0.6 is 0 Å². The van der Waals surface area contributed by atoms with Crippen molar-refractivity contribution in [1.29, 1.82) is 0 Å². The van der Waals surface area contributed by atoms with Crippen LogP contribution in [-0.2, 0) is 4.79 Å². The van der Waals surface area contributed by atoms with Crippen LogP contribution < -0.4 is 5.48 Å². The van der Waals surface area contributed by atoms with Crippen LogP contribution in [-0.4, -0.2) is 21.5 Å². The van der Waals surface area contributed by atoms with Crippen molar-refractivity contribution in [3.05, 3.63) is 36.0 Å². The van der Waals surface area contributed by atoms with Crippen LogP contribution in [0, 0.1) is 5.92 Å². The fourth-order valence-electron chi connectivity index (χ4n) is 4.67. The Morgan fingerprint density at radius 3 is 2.52 bits per heavy atom. The van der Waals surface area contributed by atoms with E-state index in [1.54, 1.807) is 0 Å². The van der Waals surface area contributed by atoms with Gasteiger partial charge in [0, 0.05) is 23.1 Å². The van der Waals surface area contributed by atoms with Gasteiger partial charge < -0.3 is 4.57 Å². The molecule has 0 saturated heterocycles. The summed E-state index contributed by atoms with van der Waals surface area (Å²) in [7, 11) is 0. The van der Waals surface area contributed by atoms with Gasteiger partial charge in [0.25, 0.3) is 5.91 Å². The smallest absolute Gasteiger partial charge is 0.266 e. The normalized spacial score (nSPS) is 16.9. The van der Waals surface area contributed by atoms with E-state index in [1.807, 2.05) is 40.5 Å². The molecule has 1 aliphatic carbocycles. The van der Waals surface area contributed by atoms with Gasteiger partial charge in [-0.05, 0) is 31.4 Å². The quantitative estimate of drug-likeness (QED) is 0.255. The number of fused-ring (bicyclic) bond motifs is 1. The zero-order valence-electron chi connectivity index (χ0n) is 17.5. The number of para-hydroxylation sites is 1. The van der Waals surface area contributed by atoms with E-state index in [-0.39, 0.29) is 11.7 Å². The Hall–Kier alpha value is -2.14. The van der Waals surface area contributed by atoms with E-state index in [0.717, 1.165) is 55.8 Å². The third kappa shape index (κ3) is 5.08. The SMILES string of the molecule is CCCCCC(C(=O)NO)n1ccc2cccc(C(=O)C3CCCCCCC3)c21. The first-order chi connectivity index (χ1) is 14.2. The molecule has 1 heterocycles. The van der Waals surface area contributed by atoms with Crippen molar-refractivity contribution in [2.24, 2.45) is 5.92 Å². The highest BCUT2D eigenvalue weighted by Crippen LogP contribution is 2.31. The predicted molar refractivity (Wildman–Crippen MR) is 115 cm³/mol. The lowest BCUT2D eigenvalue weighted by molar-refractivity contribution is -0.132. The minimum Gasteiger partial charge on any atom is -0.334 e. The lowest BCUT2D eigenvalue weighted by atomic mass is 9.85. The summed E-state index contributed by atoms with van der Waals surface area (Å²) in [5.74, 6) is -0.157. The highest BCUT2D eigenvalue weighted by molar-refractivity contribution is 6.08. The number of rotatable bonds is 8. The minimum absolute atomic E-state index is 0.0643. The van der Waals surface area contributed by atoms with Crippen molar-refractivity contribution in [3.8, 4) is 0 Å². The molecular formula is C24H34N2O3. The highest BCUT2D eigenvalue weighted by atomic mass is 16.5. The molecule has 29 heavy (non-hydrogen) atoms. The van der Waals surface area contributed by atoms with E-state index in [9.17, 15) is 14.8 Å². The third-order valence-corrected chi connectivity index (χ3v) is 6.31. The van der Waals surface area contributed by atoms with Gasteiger partial charge >= 0.3 is 0 Å². The maximum absolute atomic E-state index is 13.5. The number of nitrogens with zero attached hydrogens (tertiary/aromatic N) is 1. The summed E-state index contributed by atoms with van der Waals surface area (Å²) >= 11 is 0. The number of amides is 1. The molecule has 1 saturated carbocycles. The molecule has 158 valence electrons. The van der Waals surface area contributed by atoms with Crippen molar-refractivity contribution in [2.75, 3.05) is 0 Å². The molecule has 1 unspecified atom stereocenters. The minimum atomic E-state index is -0.518. The predicted octanol–water partition coefficient (Wildman–Crippen LogP) is 5.81. The number of ketones is 1. The summed E-state index contributed by atoms with van der Waals surface area (Å²) in [6.07, 6.45) is 13.3. The topological polar surface area (TPSA) is 71.3 Å². The molecule has 1 fully saturated rings. The van der Waals surface area contributed by atoms with Gasteiger partial charge in [0.1, 0.15) is 6.04 Å². The Morgan fingerprint density at radius 2 is 1.83 bits per heavy atom. The molecule has 1 aliphatic rings. The summed E-state index contributed by atoms with van der Waals surface area (Å²) in [5.41, 5.74) is 3.36. The number of benzene rings is 1. The third-order valence-electron chi connectivity index (χ3n) is 6.31. The van der Waals surface area contributed by atoms with Crippen LogP contribution in [0.2, 0.25) is 0 Å². The molecule has 2 aromatic rings. The standard InChI is InChI=1S/C24H34N2O3/c1-2-3-7-15-21(24(28)25-29)26-17-16-18-13-10-14-20(22(18)26)23(27)19-11-8-5-4-6-9-12-19/h10,13-14,16-17,19,21,29H,2-9,11-12,15H2,1H3,(H,25,28). The average molecular weight is 399 g/mol. The van der Waals surface area contributed by atoms with Gasteiger partial charge in [-0.3, -0.25) is 14.8 Å². The van der Waals surface area contributed by atoms with Crippen LogP contribution in [0.4, 0.5) is 0 Å². The molecule has 5 heteroatoms. The Labute approximate surface area is 173 Å². The fraction of sp³-hybridized carbons (Fsp3) is 0.583. The summed E-state index contributed by atoms with van der Waals surface area (Å²) in [5, 5.41) is 10.3. The number of hydroxylamine groups is 1. The van der Waals surface area contributed by atoms with E-state index >= 15 is 0 Å². The van der Waals surface area contributed by atoms with Gasteiger partial charge in [-0.1, -0.05) is 70.4 Å². The maximum Gasteiger partial charge on any atom is 0.266 e. The van der Waals surface area contributed by atoms with Gasteiger partial charge in [-0.25, -0.2) is 5.48 Å². The zero-order valence-corrected chi connectivity index (χ0v) is 17.5. The van der Waals surface area contributed by atoms with Gasteiger partial charge in [0.05, 0.1) is 5.52 Å². The van der Waals surface area contributed by atoms with E-state index < -0.39 is 11.9 Å².